The van der Waals surface area contributed by atoms with Gasteiger partial charge in [0.2, 0.25) is 0 Å². The largest absolute Gasteiger partial charge is 0.315 e. The lowest BCUT2D eigenvalue weighted by Gasteiger charge is -2.06. The summed E-state index contributed by atoms with van der Waals surface area (Å²) in [5.74, 6) is 1.03. The first kappa shape index (κ1) is 14.5. The van der Waals surface area contributed by atoms with Gasteiger partial charge >= 0.3 is 0 Å². The van der Waals surface area contributed by atoms with Gasteiger partial charge in [-0.25, -0.2) is 4.98 Å². The van der Waals surface area contributed by atoms with Crippen LogP contribution in [0.4, 0.5) is 0 Å². The lowest BCUT2D eigenvalue weighted by atomic mass is 10.3. The predicted molar refractivity (Wildman–Crippen MR) is 90.7 cm³/mol. The smallest absolute Gasteiger partial charge is 0.261 e. The number of aryl methyl sites for hydroxylation is 1. The van der Waals surface area contributed by atoms with Gasteiger partial charge in [-0.15, -0.1) is 5.10 Å². The number of rotatable bonds is 4. The Balaban J connectivity index is 1.90. The van der Waals surface area contributed by atoms with Crippen LogP contribution in [0.1, 0.15) is 19.8 Å². The van der Waals surface area contributed by atoms with Crippen LogP contribution in [-0.4, -0.2) is 29.1 Å². The normalized spacial score (nSPS) is 11.4. The van der Waals surface area contributed by atoms with Crippen molar-refractivity contribution in [1.29, 1.82) is 0 Å². The molecule has 0 aliphatic heterocycles. The summed E-state index contributed by atoms with van der Waals surface area (Å²) in [6.07, 6.45) is 8.79. The maximum atomic E-state index is 12.6. The molecule has 120 valence electrons. The summed E-state index contributed by atoms with van der Waals surface area (Å²) >= 11 is 0. The third-order valence-electron chi connectivity index (χ3n) is 4.00. The summed E-state index contributed by atoms with van der Waals surface area (Å²) in [4.78, 5) is 25.3. The van der Waals surface area contributed by atoms with E-state index in [9.17, 15) is 4.79 Å². The van der Waals surface area contributed by atoms with Crippen molar-refractivity contribution in [2.24, 2.45) is 0 Å². The second kappa shape index (κ2) is 5.84. The summed E-state index contributed by atoms with van der Waals surface area (Å²) in [6, 6.07) is 5.58. The molecule has 4 heterocycles. The molecule has 0 saturated heterocycles. The monoisotopic (exact) mass is 320 g/mol. The van der Waals surface area contributed by atoms with Gasteiger partial charge in [0.05, 0.1) is 10.9 Å². The third kappa shape index (κ3) is 2.34. The highest BCUT2D eigenvalue weighted by Crippen LogP contribution is 2.17. The first-order valence-electron chi connectivity index (χ1n) is 7.93. The fourth-order valence-electron chi connectivity index (χ4n) is 2.69. The molecule has 0 amide bonds. The average molecular weight is 320 g/mol. The molecule has 7 nitrogen and oxygen atoms in total. The van der Waals surface area contributed by atoms with Gasteiger partial charge in [-0.2, -0.15) is 9.50 Å². The minimum Gasteiger partial charge on any atom is -0.315 e. The second-order valence-electron chi connectivity index (χ2n) is 5.61. The highest BCUT2D eigenvalue weighted by atomic mass is 16.1. The molecular formula is C17H16N6O. The van der Waals surface area contributed by atoms with E-state index in [-0.39, 0.29) is 5.56 Å². The molecule has 0 bridgehead atoms. The van der Waals surface area contributed by atoms with Crippen LogP contribution in [0.3, 0.4) is 0 Å². The van der Waals surface area contributed by atoms with Crippen molar-refractivity contribution in [1.82, 2.24) is 29.1 Å². The van der Waals surface area contributed by atoms with Gasteiger partial charge in [0.1, 0.15) is 0 Å². The van der Waals surface area contributed by atoms with Crippen LogP contribution in [0.25, 0.3) is 28.1 Å². The van der Waals surface area contributed by atoms with E-state index in [1.54, 1.807) is 27.7 Å². The minimum atomic E-state index is -0.0451. The number of hydrogen-bond acceptors (Lipinski definition) is 5. The molecule has 4 aromatic heterocycles. The topological polar surface area (TPSA) is 78.0 Å². The number of fused-ring (bicyclic) bond motifs is 3. The second-order valence-corrected chi connectivity index (χ2v) is 5.61. The minimum absolute atomic E-state index is 0.0451. The van der Waals surface area contributed by atoms with Crippen LogP contribution in [0.15, 0.2) is 47.8 Å². The van der Waals surface area contributed by atoms with Crippen LogP contribution in [0, 0.1) is 0 Å². The van der Waals surface area contributed by atoms with Crippen LogP contribution < -0.4 is 5.56 Å². The Morgan fingerprint density at radius 2 is 2.00 bits per heavy atom. The maximum Gasteiger partial charge on any atom is 0.261 e. The summed E-state index contributed by atoms with van der Waals surface area (Å²) in [5.41, 5.74) is 1.53. The van der Waals surface area contributed by atoms with Crippen molar-refractivity contribution in [3.05, 3.63) is 53.3 Å². The Kier molecular flexibility index (Phi) is 3.53. The van der Waals surface area contributed by atoms with Crippen molar-refractivity contribution in [3.63, 3.8) is 0 Å². The molecule has 4 aromatic rings. The number of pyridine rings is 2. The van der Waals surface area contributed by atoms with Crippen LogP contribution in [0.5, 0.6) is 0 Å². The van der Waals surface area contributed by atoms with Crippen molar-refractivity contribution in [3.8, 4) is 11.4 Å². The van der Waals surface area contributed by atoms with Gasteiger partial charge in [-0.05, 0) is 24.6 Å². The zero-order valence-electron chi connectivity index (χ0n) is 13.3. The summed E-state index contributed by atoms with van der Waals surface area (Å²) in [5, 5.41) is 5.06. The quantitative estimate of drug-likeness (QED) is 0.576. The van der Waals surface area contributed by atoms with Crippen LogP contribution in [0.2, 0.25) is 0 Å². The van der Waals surface area contributed by atoms with Gasteiger partial charge in [-0.1, -0.05) is 13.3 Å². The van der Waals surface area contributed by atoms with E-state index < -0.39 is 0 Å². The summed E-state index contributed by atoms with van der Waals surface area (Å²) < 4.78 is 3.34. The molecule has 0 aliphatic carbocycles. The number of unbranched alkanes of at least 4 members (excludes halogenated alkanes) is 1. The van der Waals surface area contributed by atoms with E-state index >= 15 is 0 Å². The predicted octanol–water partition coefficient (Wildman–Crippen LogP) is 2.30. The standard InChI is InChI=1S/C17H16N6O/c1-2-3-9-22-10-6-14-13(16(22)24)11-19-17-20-15(21-23(14)17)12-4-7-18-8-5-12/h4-8,10-11H,2-3,9H2,1H3. The molecule has 0 unspecified atom stereocenters. The molecule has 0 atom stereocenters. The Labute approximate surface area is 137 Å². The fourth-order valence-corrected chi connectivity index (χ4v) is 2.69. The Hall–Kier alpha value is -3.09. The Morgan fingerprint density at radius 1 is 1.17 bits per heavy atom. The molecular weight excluding hydrogens is 304 g/mol. The summed E-state index contributed by atoms with van der Waals surface area (Å²) in [7, 11) is 0. The molecule has 4 rings (SSSR count). The van der Waals surface area contributed by atoms with E-state index in [0.29, 0.717) is 29.0 Å². The van der Waals surface area contributed by atoms with Gasteiger partial charge in [-0.3, -0.25) is 9.78 Å². The van der Waals surface area contributed by atoms with Crippen LogP contribution >= 0.6 is 0 Å². The van der Waals surface area contributed by atoms with Crippen molar-refractivity contribution < 1.29 is 0 Å². The van der Waals surface area contributed by atoms with Crippen molar-refractivity contribution in [2.45, 2.75) is 26.3 Å². The molecule has 0 fully saturated rings. The van der Waals surface area contributed by atoms with Gasteiger partial charge in [0.15, 0.2) is 5.82 Å². The molecule has 0 spiro atoms. The van der Waals surface area contributed by atoms with E-state index in [1.165, 1.54) is 0 Å². The summed E-state index contributed by atoms with van der Waals surface area (Å²) in [6.45, 7) is 2.82. The number of hydrogen-bond donors (Lipinski definition) is 0. The molecule has 7 heteroatoms. The molecule has 0 radical (unpaired) electrons. The first-order chi connectivity index (χ1) is 11.8. The molecule has 0 aliphatic rings. The Bertz CT molecular complexity index is 1070. The molecule has 0 aromatic carbocycles. The fraction of sp³-hybridized carbons (Fsp3) is 0.235. The van der Waals surface area contributed by atoms with Gasteiger partial charge < -0.3 is 4.57 Å². The SMILES string of the molecule is CCCCn1ccc2c(cnc3nc(-c4ccncc4)nn32)c1=O. The van der Waals surface area contributed by atoms with Gasteiger partial charge in [0, 0.05) is 36.9 Å². The Morgan fingerprint density at radius 3 is 2.79 bits per heavy atom. The lowest BCUT2D eigenvalue weighted by Crippen LogP contribution is -2.20. The molecule has 0 saturated carbocycles. The molecule has 0 N–H and O–H groups in total. The highest BCUT2D eigenvalue weighted by molar-refractivity contribution is 5.79. The van der Waals surface area contributed by atoms with E-state index in [1.807, 2.05) is 24.4 Å². The molecule has 24 heavy (non-hydrogen) atoms. The van der Waals surface area contributed by atoms with Crippen LogP contribution in [-0.2, 0) is 6.54 Å². The zero-order valence-corrected chi connectivity index (χ0v) is 13.3. The number of nitrogens with zero attached hydrogens (tertiary/aromatic N) is 6. The van der Waals surface area contributed by atoms with Crippen molar-refractivity contribution >= 4 is 16.7 Å². The van der Waals surface area contributed by atoms with Gasteiger partial charge in [0.25, 0.3) is 11.3 Å². The van der Waals surface area contributed by atoms with E-state index in [2.05, 4.69) is 27.0 Å². The maximum absolute atomic E-state index is 12.6. The zero-order chi connectivity index (χ0) is 16.5. The third-order valence-corrected chi connectivity index (χ3v) is 4.00. The number of aromatic nitrogens is 6. The van der Waals surface area contributed by atoms with E-state index in [0.717, 1.165) is 18.4 Å². The van der Waals surface area contributed by atoms with Crippen molar-refractivity contribution in [2.75, 3.05) is 0 Å². The highest BCUT2D eigenvalue weighted by Gasteiger charge is 2.12. The average Bonchev–Trinajstić information content (AvgIpc) is 3.06. The van der Waals surface area contributed by atoms with E-state index in [4.69, 9.17) is 0 Å². The first-order valence-corrected chi connectivity index (χ1v) is 7.93. The lowest BCUT2D eigenvalue weighted by molar-refractivity contribution is 0.616.